The van der Waals surface area contributed by atoms with Crippen molar-refractivity contribution in [1.82, 2.24) is 0 Å². The molecule has 1 aliphatic rings. The van der Waals surface area contributed by atoms with Crippen LogP contribution in [0, 0.1) is 0 Å². The van der Waals surface area contributed by atoms with Crippen molar-refractivity contribution < 1.29 is 27.8 Å². The number of halogens is 2. The summed E-state index contributed by atoms with van der Waals surface area (Å²) in [5.41, 5.74) is 0.866. The van der Waals surface area contributed by atoms with Crippen LogP contribution in [0.1, 0.15) is 18.1 Å². The molecule has 0 unspecified atom stereocenters. The minimum atomic E-state index is -3.00. The summed E-state index contributed by atoms with van der Waals surface area (Å²) in [7, 11) is 0. The third-order valence-corrected chi connectivity index (χ3v) is 3.47. The summed E-state index contributed by atoms with van der Waals surface area (Å²) in [6.45, 7) is -0.677. The predicted molar refractivity (Wildman–Crippen MR) is 91.3 cm³/mol. The SMILES string of the molecule is CCOc1ccccc1/C=C1\N=C(c2ccccc2OC(F)F)OC1=O. The first-order chi connectivity index (χ1) is 12.6. The molecule has 0 aromatic heterocycles. The van der Waals surface area contributed by atoms with Gasteiger partial charge in [-0.3, -0.25) is 0 Å². The topological polar surface area (TPSA) is 57.1 Å². The number of esters is 1. The van der Waals surface area contributed by atoms with Gasteiger partial charge in [0.2, 0.25) is 5.90 Å². The molecule has 0 N–H and O–H groups in total. The minimum Gasteiger partial charge on any atom is -0.493 e. The fourth-order valence-corrected chi connectivity index (χ4v) is 2.40. The van der Waals surface area contributed by atoms with E-state index in [1.165, 1.54) is 24.3 Å². The maximum Gasteiger partial charge on any atom is 0.387 e. The Hall–Kier alpha value is -3.22. The van der Waals surface area contributed by atoms with Gasteiger partial charge in [-0.15, -0.1) is 0 Å². The van der Waals surface area contributed by atoms with Gasteiger partial charge in [0, 0.05) is 5.56 Å². The molecule has 0 amide bonds. The summed E-state index contributed by atoms with van der Waals surface area (Å²) in [6, 6.07) is 13.1. The van der Waals surface area contributed by atoms with Gasteiger partial charge in [-0.1, -0.05) is 30.3 Å². The zero-order chi connectivity index (χ0) is 18.5. The van der Waals surface area contributed by atoms with Crippen molar-refractivity contribution in [1.29, 1.82) is 0 Å². The number of hydrogen-bond donors (Lipinski definition) is 0. The highest BCUT2D eigenvalue weighted by Crippen LogP contribution is 2.28. The van der Waals surface area contributed by atoms with Gasteiger partial charge >= 0.3 is 12.6 Å². The number of nitrogens with zero attached hydrogens (tertiary/aromatic N) is 1. The summed E-state index contributed by atoms with van der Waals surface area (Å²) in [4.78, 5) is 16.3. The second-order valence-corrected chi connectivity index (χ2v) is 5.18. The third-order valence-electron chi connectivity index (χ3n) is 3.47. The van der Waals surface area contributed by atoms with Crippen molar-refractivity contribution in [2.24, 2.45) is 4.99 Å². The van der Waals surface area contributed by atoms with Crippen LogP contribution in [0.3, 0.4) is 0 Å². The summed E-state index contributed by atoms with van der Waals surface area (Å²) >= 11 is 0. The highest BCUT2D eigenvalue weighted by atomic mass is 19.3. The average Bonchev–Trinajstić information content (AvgIpc) is 2.97. The molecule has 0 atom stereocenters. The lowest BCUT2D eigenvalue weighted by Gasteiger charge is -2.08. The highest BCUT2D eigenvalue weighted by molar-refractivity contribution is 6.13. The van der Waals surface area contributed by atoms with Crippen molar-refractivity contribution in [3.8, 4) is 11.5 Å². The molecular formula is C19H15F2NO4. The molecule has 7 heteroatoms. The second-order valence-electron chi connectivity index (χ2n) is 5.18. The van der Waals surface area contributed by atoms with Gasteiger partial charge in [-0.2, -0.15) is 8.78 Å². The Labute approximate surface area is 148 Å². The first-order valence-corrected chi connectivity index (χ1v) is 7.87. The zero-order valence-electron chi connectivity index (χ0n) is 13.8. The molecule has 3 rings (SSSR count). The number of rotatable bonds is 6. The fraction of sp³-hybridized carbons (Fsp3) is 0.158. The van der Waals surface area contributed by atoms with E-state index in [2.05, 4.69) is 9.73 Å². The summed E-state index contributed by atoms with van der Waals surface area (Å²) in [5, 5.41) is 0. The number of ether oxygens (including phenoxy) is 3. The second kappa shape index (κ2) is 7.77. The quantitative estimate of drug-likeness (QED) is 0.577. The van der Waals surface area contributed by atoms with Gasteiger partial charge in [0.05, 0.1) is 12.2 Å². The normalized spacial score (nSPS) is 15.2. The van der Waals surface area contributed by atoms with Gasteiger partial charge in [-0.05, 0) is 31.2 Å². The number of carbonyl (C=O) groups excluding carboxylic acids is 1. The Kier molecular flexibility index (Phi) is 5.26. The molecule has 1 aliphatic heterocycles. The van der Waals surface area contributed by atoms with E-state index in [1.54, 1.807) is 24.3 Å². The molecule has 0 aliphatic carbocycles. The number of aliphatic imine (C=N–C) groups is 1. The first-order valence-electron chi connectivity index (χ1n) is 7.87. The number of cyclic esters (lactones) is 1. The summed E-state index contributed by atoms with van der Waals surface area (Å²) in [6.07, 6.45) is 1.52. The van der Waals surface area contributed by atoms with Gasteiger partial charge < -0.3 is 14.2 Å². The van der Waals surface area contributed by atoms with Crippen molar-refractivity contribution in [3.63, 3.8) is 0 Å². The van der Waals surface area contributed by atoms with E-state index >= 15 is 0 Å². The van der Waals surface area contributed by atoms with E-state index in [4.69, 9.17) is 9.47 Å². The van der Waals surface area contributed by atoms with Crippen molar-refractivity contribution in [3.05, 3.63) is 65.4 Å². The van der Waals surface area contributed by atoms with Crippen LogP contribution in [0.15, 0.2) is 59.2 Å². The van der Waals surface area contributed by atoms with E-state index < -0.39 is 12.6 Å². The maximum atomic E-state index is 12.6. The molecule has 26 heavy (non-hydrogen) atoms. The third kappa shape index (κ3) is 3.88. The van der Waals surface area contributed by atoms with E-state index in [9.17, 15) is 13.6 Å². The number of alkyl halides is 2. The van der Waals surface area contributed by atoms with E-state index in [1.807, 2.05) is 13.0 Å². The van der Waals surface area contributed by atoms with Crippen LogP contribution in [0.2, 0.25) is 0 Å². The maximum absolute atomic E-state index is 12.6. The van der Waals surface area contributed by atoms with Gasteiger partial charge in [0.25, 0.3) is 0 Å². The summed E-state index contributed by atoms with van der Waals surface area (Å²) < 4.78 is 40.2. The van der Waals surface area contributed by atoms with Crippen molar-refractivity contribution in [2.45, 2.75) is 13.5 Å². The van der Waals surface area contributed by atoms with E-state index in [0.717, 1.165) is 0 Å². The van der Waals surface area contributed by atoms with Crippen LogP contribution in [-0.2, 0) is 9.53 Å². The molecule has 5 nitrogen and oxygen atoms in total. The highest BCUT2D eigenvalue weighted by Gasteiger charge is 2.27. The van der Waals surface area contributed by atoms with Gasteiger partial charge in [-0.25, -0.2) is 9.79 Å². The Morgan fingerprint density at radius 1 is 1.12 bits per heavy atom. The number of hydrogen-bond acceptors (Lipinski definition) is 5. The molecule has 0 saturated heterocycles. The smallest absolute Gasteiger partial charge is 0.387 e. The zero-order valence-corrected chi connectivity index (χ0v) is 13.8. The van der Waals surface area contributed by atoms with E-state index in [-0.39, 0.29) is 22.9 Å². The number of carbonyl (C=O) groups is 1. The first kappa shape index (κ1) is 17.6. The molecule has 2 aromatic rings. The van der Waals surface area contributed by atoms with Crippen molar-refractivity contribution in [2.75, 3.05) is 6.61 Å². The van der Waals surface area contributed by atoms with Crippen molar-refractivity contribution >= 4 is 17.9 Å². The summed E-state index contributed by atoms with van der Waals surface area (Å²) in [5.74, 6) is -0.296. The average molecular weight is 359 g/mol. The standard InChI is InChI=1S/C19H15F2NO4/c1-2-24-15-9-5-3-7-12(15)11-14-18(23)26-17(22-14)13-8-4-6-10-16(13)25-19(20)21/h3-11,19H,2H2,1H3/b14-11-. The molecular weight excluding hydrogens is 344 g/mol. The number of benzene rings is 2. The van der Waals surface area contributed by atoms with Crippen LogP contribution in [-0.4, -0.2) is 25.1 Å². The van der Waals surface area contributed by atoms with Crippen LogP contribution >= 0.6 is 0 Å². The van der Waals surface area contributed by atoms with Gasteiger partial charge in [0.1, 0.15) is 11.5 Å². The van der Waals surface area contributed by atoms with Crippen LogP contribution in [0.5, 0.6) is 11.5 Å². The van der Waals surface area contributed by atoms with Crippen LogP contribution in [0.4, 0.5) is 8.78 Å². The molecule has 134 valence electrons. The monoisotopic (exact) mass is 359 g/mol. The lowest BCUT2D eigenvalue weighted by atomic mass is 10.1. The van der Waals surface area contributed by atoms with Crippen LogP contribution in [0.25, 0.3) is 6.08 Å². The Morgan fingerprint density at radius 2 is 1.81 bits per heavy atom. The largest absolute Gasteiger partial charge is 0.493 e. The Balaban J connectivity index is 1.96. The minimum absolute atomic E-state index is 0.0407. The molecule has 2 aromatic carbocycles. The molecule has 0 radical (unpaired) electrons. The Morgan fingerprint density at radius 3 is 2.54 bits per heavy atom. The fourth-order valence-electron chi connectivity index (χ4n) is 2.40. The molecule has 0 spiro atoms. The molecule has 1 heterocycles. The predicted octanol–water partition coefficient (Wildman–Crippen LogP) is 4.03. The lowest BCUT2D eigenvalue weighted by Crippen LogP contribution is -2.10. The van der Waals surface area contributed by atoms with Crippen LogP contribution < -0.4 is 9.47 Å². The Bertz CT molecular complexity index is 877. The van der Waals surface area contributed by atoms with E-state index in [0.29, 0.717) is 17.9 Å². The molecule has 0 fully saturated rings. The van der Waals surface area contributed by atoms with Gasteiger partial charge in [0.15, 0.2) is 5.70 Å². The lowest BCUT2D eigenvalue weighted by molar-refractivity contribution is -0.129. The molecule has 0 bridgehead atoms. The number of para-hydroxylation sites is 2. The molecule has 0 saturated carbocycles.